The molecule has 0 saturated heterocycles. The van der Waals surface area contributed by atoms with Crippen molar-refractivity contribution in [1.29, 1.82) is 0 Å². The van der Waals surface area contributed by atoms with Crippen LogP contribution in [0.15, 0.2) is 27.9 Å². The second-order valence-corrected chi connectivity index (χ2v) is 11.3. The molecule has 2 atom stereocenters. The topological polar surface area (TPSA) is 121 Å². The van der Waals surface area contributed by atoms with Gasteiger partial charge in [0.2, 0.25) is 0 Å². The average Bonchev–Trinajstić information content (AvgIpc) is 3.20. The number of fused-ring (bicyclic) bond motifs is 1. The SMILES string of the molecule is Cn1c(=O)n(CC(C)(C)C)c2ccc(C3CCC(C)(C)C(n4cc(C(N)=O)[nH]c4=O)C3)nc21. The van der Waals surface area contributed by atoms with E-state index < -0.39 is 5.91 Å². The van der Waals surface area contributed by atoms with Gasteiger partial charge in [-0.2, -0.15) is 0 Å². The summed E-state index contributed by atoms with van der Waals surface area (Å²) in [4.78, 5) is 44.5. The average molecular weight is 455 g/mol. The smallest absolute Gasteiger partial charge is 0.330 e. The van der Waals surface area contributed by atoms with Crippen molar-refractivity contribution in [2.75, 3.05) is 0 Å². The maximum absolute atomic E-state index is 12.9. The molecule has 1 saturated carbocycles. The van der Waals surface area contributed by atoms with Crippen LogP contribution in [0, 0.1) is 10.8 Å². The third-order valence-electron chi connectivity index (χ3n) is 6.95. The maximum Gasteiger partial charge on any atom is 0.330 e. The number of nitrogens with one attached hydrogen (secondary N) is 1. The van der Waals surface area contributed by atoms with E-state index >= 15 is 0 Å². The molecule has 178 valence electrons. The Bertz CT molecular complexity index is 1330. The number of carbonyl (C=O) groups is 1. The molecule has 9 nitrogen and oxygen atoms in total. The highest BCUT2D eigenvalue weighted by Gasteiger charge is 2.39. The number of aromatic amines is 1. The molecule has 0 bridgehead atoms. The van der Waals surface area contributed by atoms with Gasteiger partial charge in [0.05, 0.1) is 5.52 Å². The number of rotatable bonds is 4. The Morgan fingerprint density at radius 2 is 1.97 bits per heavy atom. The minimum Gasteiger partial charge on any atom is -0.364 e. The third-order valence-corrected chi connectivity index (χ3v) is 6.95. The Balaban J connectivity index is 1.71. The van der Waals surface area contributed by atoms with Crippen LogP contribution in [0.4, 0.5) is 0 Å². The first-order chi connectivity index (χ1) is 15.3. The van der Waals surface area contributed by atoms with Crippen molar-refractivity contribution in [2.45, 2.75) is 72.4 Å². The lowest BCUT2D eigenvalue weighted by molar-refractivity contribution is 0.0994. The van der Waals surface area contributed by atoms with Gasteiger partial charge in [0.15, 0.2) is 5.65 Å². The predicted octanol–water partition coefficient (Wildman–Crippen LogP) is 2.90. The summed E-state index contributed by atoms with van der Waals surface area (Å²) >= 11 is 0. The quantitative estimate of drug-likeness (QED) is 0.629. The number of imidazole rings is 2. The van der Waals surface area contributed by atoms with E-state index in [-0.39, 0.29) is 39.9 Å². The molecular formula is C24H34N6O3. The zero-order valence-corrected chi connectivity index (χ0v) is 20.3. The van der Waals surface area contributed by atoms with E-state index in [0.717, 1.165) is 24.1 Å². The summed E-state index contributed by atoms with van der Waals surface area (Å²) in [5, 5.41) is 0. The fourth-order valence-electron chi connectivity index (χ4n) is 5.09. The molecule has 3 N–H and O–H groups in total. The van der Waals surface area contributed by atoms with Crippen LogP contribution in [0.3, 0.4) is 0 Å². The van der Waals surface area contributed by atoms with E-state index in [1.165, 1.54) is 6.20 Å². The second-order valence-electron chi connectivity index (χ2n) is 11.3. The number of amides is 1. The van der Waals surface area contributed by atoms with Crippen molar-refractivity contribution >= 4 is 17.1 Å². The number of hydrogen-bond acceptors (Lipinski definition) is 4. The van der Waals surface area contributed by atoms with Gasteiger partial charge < -0.3 is 10.7 Å². The molecule has 1 aliphatic rings. The summed E-state index contributed by atoms with van der Waals surface area (Å²) in [6.45, 7) is 11.2. The Labute approximate surface area is 192 Å². The summed E-state index contributed by atoms with van der Waals surface area (Å²) in [5.74, 6) is -0.517. The normalized spacial score (nSPS) is 20.9. The van der Waals surface area contributed by atoms with E-state index in [1.807, 2.05) is 12.1 Å². The highest BCUT2D eigenvalue weighted by Crippen LogP contribution is 2.48. The molecule has 33 heavy (non-hydrogen) atoms. The zero-order chi connectivity index (χ0) is 24.3. The highest BCUT2D eigenvalue weighted by molar-refractivity contribution is 5.90. The van der Waals surface area contributed by atoms with Crippen LogP contribution in [0.25, 0.3) is 11.2 Å². The first-order valence-corrected chi connectivity index (χ1v) is 11.5. The Morgan fingerprint density at radius 1 is 1.27 bits per heavy atom. The molecule has 4 rings (SSSR count). The van der Waals surface area contributed by atoms with Gasteiger partial charge in [-0.05, 0) is 42.2 Å². The van der Waals surface area contributed by atoms with Gasteiger partial charge in [-0.15, -0.1) is 0 Å². The summed E-state index contributed by atoms with van der Waals surface area (Å²) in [6.07, 6.45) is 4.07. The van der Waals surface area contributed by atoms with Gasteiger partial charge in [-0.3, -0.25) is 18.5 Å². The molecule has 3 aromatic rings. The Kier molecular flexibility index (Phi) is 5.41. The number of nitrogens with two attached hydrogens (primary N) is 1. The van der Waals surface area contributed by atoms with Crippen molar-refractivity contribution in [2.24, 2.45) is 23.6 Å². The van der Waals surface area contributed by atoms with Gasteiger partial charge >= 0.3 is 11.4 Å². The van der Waals surface area contributed by atoms with Gasteiger partial charge in [-0.25, -0.2) is 14.6 Å². The zero-order valence-electron chi connectivity index (χ0n) is 20.3. The molecule has 0 aliphatic heterocycles. The lowest BCUT2D eigenvalue weighted by Crippen LogP contribution is -2.37. The van der Waals surface area contributed by atoms with Gasteiger partial charge in [0.25, 0.3) is 5.91 Å². The van der Waals surface area contributed by atoms with E-state index in [4.69, 9.17) is 10.7 Å². The van der Waals surface area contributed by atoms with Crippen LogP contribution in [-0.4, -0.2) is 29.6 Å². The van der Waals surface area contributed by atoms with Crippen molar-refractivity contribution in [3.63, 3.8) is 0 Å². The molecule has 3 heterocycles. The van der Waals surface area contributed by atoms with Gasteiger partial charge in [0.1, 0.15) is 5.69 Å². The van der Waals surface area contributed by atoms with Gasteiger partial charge in [-0.1, -0.05) is 34.6 Å². The van der Waals surface area contributed by atoms with Crippen LogP contribution in [0.2, 0.25) is 0 Å². The van der Waals surface area contributed by atoms with Gasteiger partial charge in [0, 0.05) is 37.4 Å². The Morgan fingerprint density at radius 3 is 2.58 bits per heavy atom. The number of aryl methyl sites for hydroxylation is 1. The summed E-state index contributed by atoms with van der Waals surface area (Å²) in [7, 11) is 1.76. The lowest BCUT2D eigenvalue weighted by atomic mass is 9.68. The van der Waals surface area contributed by atoms with Crippen LogP contribution < -0.4 is 17.1 Å². The largest absolute Gasteiger partial charge is 0.364 e. The number of aromatic nitrogens is 5. The molecule has 0 radical (unpaired) electrons. The van der Waals surface area contributed by atoms with Crippen LogP contribution >= 0.6 is 0 Å². The molecule has 9 heteroatoms. The first-order valence-electron chi connectivity index (χ1n) is 11.5. The number of primary amides is 1. The molecule has 2 unspecified atom stereocenters. The minimum absolute atomic E-state index is 0.0352. The number of pyridine rings is 1. The van der Waals surface area contributed by atoms with Crippen molar-refractivity contribution in [3.05, 3.63) is 50.7 Å². The molecule has 3 aromatic heterocycles. The standard InChI is InChI=1S/C24H34N6O3/c1-23(2,3)13-30-17-8-7-15(26-20(17)28(6)22(30)33)14-9-10-24(4,5)18(11-14)29-12-16(19(25)31)27-21(29)32/h7-8,12,14,18H,9-11,13H2,1-6H3,(H2,25,31)(H,27,32). The minimum atomic E-state index is -0.649. The van der Waals surface area contributed by atoms with Crippen molar-refractivity contribution < 1.29 is 4.79 Å². The highest BCUT2D eigenvalue weighted by atomic mass is 16.2. The molecule has 1 fully saturated rings. The van der Waals surface area contributed by atoms with Crippen molar-refractivity contribution in [3.8, 4) is 0 Å². The van der Waals surface area contributed by atoms with E-state index in [0.29, 0.717) is 18.6 Å². The monoisotopic (exact) mass is 454 g/mol. The second kappa shape index (κ2) is 7.74. The molecular weight excluding hydrogens is 420 g/mol. The third kappa shape index (κ3) is 4.16. The van der Waals surface area contributed by atoms with Crippen LogP contribution in [0.1, 0.15) is 82.0 Å². The fraction of sp³-hybridized carbons (Fsp3) is 0.583. The molecule has 1 amide bonds. The van der Waals surface area contributed by atoms with Crippen LogP contribution in [-0.2, 0) is 13.6 Å². The van der Waals surface area contributed by atoms with E-state index in [2.05, 4.69) is 39.6 Å². The fourth-order valence-corrected chi connectivity index (χ4v) is 5.09. The maximum atomic E-state index is 12.9. The molecule has 1 aliphatic carbocycles. The summed E-state index contributed by atoms with van der Waals surface area (Å²) in [5.41, 5.74) is 7.36. The number of hydrogen-bond donors (Lipinski definition) is 2. The Hall–Kier alpha value is -3.10. The number of carbonyl (C=O) groups excluding carboxylic acids is 1. The summed E-state index contributed by atoms with van der Waals surface area (Å²) < 4.78 is 5.02. The number of H-pyrrole nitrogens is 1. The summed E-state index contributed by atoms with van der Waals surface area (Å²) in [6, 6.07) is 3.89. The molecule has 0 aromatic carbocycles. The first kappa shape index (κ1) is 23.1. The van der Waals surface area contributed by atoms with Crippen molar-refractivity contribution in [1.82, 2.24) is 23.7 Å². The number of nitrogens with zero attached hydrogens (tertiary/aromatic N) is 4. The molecule has 0 spiro atoms. The van der Waals surface area contributed by atoms with E-state index in [9.17, 15) is 14.4 Å². The lowest BCUT2D eigenvalue weighted by Gasteiger charge is -2.42. The van der Waals surface area contributed by atoms with E-state index in [1.54, 1.807) is 20.7 Å². The van der Waals surface area contributed by atoms with Crippen LogP contribution in [0.5, 0.6) is 0 Å². The predicted molar refractivity (Wildman–Crippen MR) is 127 cm³/mol.